The van der Waals surface area contributed by atoms with Crippen LogP contribution in [0.4, 0.5) is 17.1 Å². The van der Waals surface area contributed by atoms with Crippen LogP contribution in [0.25, 0.3) is 0 Å². The van der Waals surface area contributed by atoms with Gasteiger partial charge in [0.2, 0.25) is 0 Å². The summed E-state index contributed by atoms with van der Waals surface area (Å²) in [6.07, 6.45) is 3.53. The number of anilines is 3. The number of hydrogen-bond donors (Lipinski definition) is 1. The normalized spacial score (nSPS) is 15.6. The molecular weight excluding hydrogens is 466 g/mol. The molecule has 1 aliphatic heterocycles. The van der Waals surface area contributed by atoms with Crippen molar-refractivity contribution in [2.24, 2.45) is 0 Å². The van der Waals surface area contributed by atoms with E-state index in [1.54, 1.807) is 11.9 Å². The Kier molecular flexibility index (Phi) is 6.91. The number of carbonyl (C=O) groups is 2. The van der Waals surface area contributed by atoms with Crippen molar-refractivity contribution < 1.29 is 14.0 Å². The van der Waals surface area contributed by atoms with Crippen LogP contribution in [-0.2, 0) is 0 Å². The molecule has 8 heteroatoms. The van der Waals surface area contributed by atoms with Crippen LogP contribution in [0.1, 0.15) is 63.5 Å². The van der Waals surface area contributed by atoms with Crippen LogP contribution >= 0.6 is 0 Å². The molecule has 37 heavy (non-hydrogen) atoms. The Morgan fingerprint density at radius 2 is 1.70 bits per heavy atom. The summed E-state index contributed by atoms with van der Waals surface area (Å²) in [4.78, 5) is 37.0. The van der Waals surface area contributed by atoms with Crippen molar-refractivity contribution in [2.45, 2.75) is 39.5 Å². The summed E-state index contributed by atoms with van der Waals surface area (Å²) in [5.41, 5.74) is 5.78. The fourth-order valence-electron chi connectivity index (χ4n) is 4.84. The number of aromatic nitrogens is 1. The van der Waals surface area contributed by atoms with Gasteiger partial charge in [-0.15, -0.1) is 0 Å². The highest BCUT2D eigenvalue weighted by Crippen LogP contribution is 2.39. The van der Waals surface area contributed by atoms with Crippen molar-refractivity contribution in [1.82, 2.24) is 9.88 Å². The number of carbonyl (C=O) groups excluding carboxylic acids is 2. The Morgan fingerprint density at radius 3 is 2.35 bits per heavy atom. The first-order valence-corrected chi connectivity index (χ1v) is 13.1. The molecule has 2 fully saturated rings. The van der Waals surface area contributed by atoms with Crippen molar-refractivity contribution >= 4 is 28.9 Å². The predicted octanol–water partition coefficient (Wildman–Crippen LogP) is 4.84. The zero-order chi connectivity index (χ0) is 26.1. The SMILES string of the molecule is CCN(C)C(=O)c1cc(NC(=O)c2coc(C3CC3)n2)c(N2CCN(c3ccccc3C)CC2)cc1C. The number of nitrogens with zero attached hydrogens (tertiary/aromatic N) is 4. The molecule has 3 aromatic rings. The molecule has 0 spiro atoms. The van der Waals surface area contributed by atoms with Gasteiger partial charge in [0.15, 0.2) is 11.6 Å². The van der Waals surface area contributed by atoms with Crippen LogP contribution in [0.3, 0.4) is 0 Å². The van der Waals surface area contributed by atoms with Gasteiger partial charge in [-0.1, -0.05) is 18.2 Å². The van der Waals surface area contributed by atoms with Gasteiger partial charge < -0.3 is 24.4 Å². The van der Waals surface area contributed by atoms with E-state index in [2.05, 4.69) is 51.3 Å². The average Bonchev–Trinajstić information content (AvgIpc) is 3.64. The quantitative estimate of drug-likeness (QED) is 0.499. The molecule has 0 bridgehead atoms. The van der Waals surface area contributed by atoms with Gasteiger partial charge in [-0.3, -0.25) is 9.59 Å². The van der Waals surface area contributed by atoms with Crippen LogP contribution in [0, 0.1) is 13.8 Å². The number of para-hydroxylation sites is 1. The summed E-state index contributed by atoms with van der Waals surface area (Å²) in [7, 11) is 1.79. The highest BCUT2D eigenvalue weighted by molar-refractivity contribution is 6.06. The Labute approximate surface area is 218 Å². The summed E-state index contributed by atoms with van der Waals surface area (Å²) in [5, 5.41) is 3.04. The lowest BCUT2D eigenvalue weighted by Gasteiger charge is -2.39. The minimum atomic E-state index is -0.332. The first-order chi connectivity index (χ1) is 17.9. The summed E-state index contributed by atoms with van der Waals surface area (Å²) < 4.78 is 5.54. The molecule has 1 aromatic heterocycles. The van der Waals surface area contributed by atoms with Crippen molar-refractivity contribution in [3.8, 4) is 0 Å². The molecule has 1 N–H and O–H groups in total. The van der Waals surface area contributed by atoms with Gasteiger partial charge in [-0.05, 0) is 62.9 Å². The Morgan fingerprint density at radius 1 is 1.03 bits per heavy atom. The minimum Gasteiger partial charge on any atom is -0.448 e. The van der Waals surface area contributed by atoms with Crippen LogP contribution < -0.4 is 15.1 Å². The third-order valence-electron chi connectivity index (χ3n) is 7.40. The van der Waals surface area contributed by atoms with E-state index in [1.807, 2.05) is 26.0 Å². The van der Waals surface area contributed by atoms with Crippen molar-refractivity contribution in [1.29, 1.82) is 0 Å². The Balaban J connectivity index is 1.42. The fraction of sp³-hybridized carbons (Fsp3) is 0.414. The van der Waals surface area contributed by atoms with Crippen molar-refractivity contribution in [3.63, 3.8) is 0 Å². The number of hydrogen-bond acceptors (Lipinski definition) is 6. The number of benzene rings is 2. The standard InChI is InChI=1S/C29H35N5O3/c1-5-32(4)29(36)22-17-23(30-27(35)24-18-37-28(31-24)21-10-11-21)26(16-20(22)3)34-14-12-33(13-15-34)25-9-7-6-8-19(25)2/h6-9,16-18,21H,5,10-15H2,1-4H3,(H,30,35). The lowest BCUT2D eigenvalue weighted by Crippen LogP contribution is -2.47. The number of rotatable bonds is 7. The van der Waals surface area contributed by atoms with E-state index in [9.17, 15) is 9.59 Å². The van der Waals surface area contributed by atoms with Crippen LogP contribution in [0.2, 0.25) is 0 Å². The first-order valence-electron chi connectivity index (χ1n) is 13.1. The Bertz CT molecular complexity index is 1300. The highest BCUT2D eigenvalue weighted by Gasteiger charge is 2.30. The minimum absolute atomic E-state index is 0.0659. The van der Waals surface area contributed by atoms with E-state index < -0.39 is 0 Å². The van der Waals surface area contributed by atoms with Crippen molar-refractivity contribution in [2.75, 3.05) is 54.9 Å². The highest BCUT2D eigenvalue weighted by atomic mass is 16.3. The van der Waals surface area contributed by atoms with E-state index in [-0.39, 0.29) is 17.5 Å². The smallest absolute Gasteiger partial charge is 0.277 e. The average molecular weight is 502 g/mol. The molecule has 0 unspecified atom stereocenters. The van der Waals surface area contributed by atoms with Gasteiger partial charge in [0, 0.05) is 56.9 Å². The molecule has 2 heterocycles. The van der Waals surface area contributed by atoms with E-state index in [0.717, 1.165) is 50.3 Å². The second-order valence-electron chi connectivity index (χ2n) is 10.1. The molecule has 2 aromatic carbocycles. The second-order valence-corrected chi connectivity index (χ2v) is 10.1. The summed E-state index contributed by atoms with van der Waals surface area (Å²) >= 11 is 0. The third kappa shape index (κ3) is 5.19. The largest absolute Gasteiger partial charge is 0.448 e. The number of oxazole rings is 1. The maximum absolute atomic E-state index is 13.2. The lowest BCUT2D eigenvalue weighted by molar-refractivity contribution is 0.0801. The number of amides is 2. The summed E-state index contributed by atoms with van der Waals surface area (Å²) in [6.45, 7) is 9.97. The van der Waals surface area contributed by atoms with Gasteiger partial charge in [0.1, 0.15) is 6.26 Å². The van der Waals surface area contributed by atoms with Crippen LogP contribution in [-0.4, -0.2) is 61.5 Å². The maximum atomic E-state index is 13.2. The van der Waals surface area contributed by atoms with Gasteiger partial charge in [-0.25, -0.2) is 4.98 Å². The summed E-state index contributed by atoms with van der Waals surface area (Å²) in [5.74, 6) is 0.558. The maximum Gasteiger partial charge on any atom is 0.277 e. The van der Waals surface area contributed by atoms with E-state index in [1.165, 1.54) is 17.5 Å². The van der Waals surface area contributed by atoms with Crippen LogP contribution in [0.5, 0.6) is 0 Å². The zero-order valence-electron chi connectivity index (χ0n) is 22.1. The number of aryl methyl sites for hydroxylation is 2. The third-order valence-corrected chi connectivity index (χ3v) is 7.40. The molecule has 8 nitrogen and oxygen atoms in total. The van der Waals surface area contributed by atoms with Crippen LogP contribution in [0.15, 0.2) is 47.1 Å². The molecule has 2 amide bonds. The van der Waals surface area contributed by atoms with Crippen molar-refractivity contribution in [3.05, 3.63) is 70.9 Å². The molecule has 1 aliphatic carbocycles. The van der Waals surface area contributed by atoms with Gasteiger partial charge in [0.25, 0.3) is 11.8 Å². The van der Waals surface area contributed by atoms with Gasteiger partial charge in [-0.2, -0.15) is 0 Å². The topological polar surface area (TPSA) is 81.9 Å². The van der Waals surface area contributed by atoms with E-state index in [0.29, 0.717) is 29.6 Å². The van der Waals surface area contributed by atoms with E-state index >= 15 is 0 Å². The molecule has 5 rings (SSSR count). The summed E-state index contributed by atoms with van der Waals surface area (Å²) in [6, 6.07) is 12.3. The number of nitrogens with one attached hydrogen (secondary N) is 1. The predicted molar refractivity (Wildman–Crippen MR) is 146 cm³/mol. The van der Waals surface area contributed by atoms with E-state index in [4.69, 9.17) is 4.42 Å². The zero-order valence-corrected chi connectivity index (χ0v) is 22.1. The first kappa shape index (κ1) is 24.9. The molecule has 1 saturated carbocycles. The molecule has 194 valence electrons. The number of piperazine rings is 1. The van der Waals surface area contributed by atoms with Gasteiger partial charge in [0.05, 0.1) is 11.4 Å². The molecule has 0 atom stereocenters. The van der Waals surface area contributed by atoms with Gasteiger partial charge >= 0.3 is 0 Å². The monoisotopic (exact) mass is 501 g/mol. The molecular formula is C29H35N5O3. The molecule has 1 saturated heterocycles. The molecule has 2 aliphatic rings. The molecule has 0 radical (unpaired) electrons. The fourth-order valence-corrected chi connectivity index (χ4v) is 4.84. The second kappa shape index (κ2) is 10.3. The lowest BCUT2D eigenvalue weighted by atomic mass is 10.0. The Hall–Kier alpha value is -3.81.